The van der Waals surface area contributed by atoms with Crippen LogP contribution in [0, 0.1) is 0 Å². The van der Waals surface area contributed by atoms with Crippen LogP contribution in [0.5, 0.6) is 5.75 Å². The third kappa shape index (κ3) is 5.83. The summed E-state index contributed by atoms with van der Waals surface area (Å²) in [6.07, 6.45) is 14.7. The van der Waals surface area contributed by atoms with E-state index in [2.05, 4.69) is 89.3 Å². The fourth-order valence-electron chi connectivity index (χ4n) is 4.64. The van der Waals surface area contributed by atoms with E-state index in [-0.39, 0.29) is 12.2 Å². The first-order valence-corrected chi connectivity index (χ1v) is 12.5. The molecule has 0 spiro atoms. The third-order valence-electron chi connectivity index (χ3n) is 6.54. The van der Waals surface area contributed by atoms with Crippen LogP contribution in [0.1, 0.15) is 47.1 Å². The molecule has 5 heteroatoms. The van der Waals surface area contributed by atoms with E-state index in [0.29, 0.717) is 10.8 Å². The van der Waals surface area contributed by atoms with Crippen LogP contribution in [0.15, 0.2) is 88.2 Å². The van der Waals surface area contributed by atoms with Crippen molar-refractivity contribution in [3.05, 3.63) is 93.7 Å². The number of allylic oxidation sites excluding steroid dienone is 12. The van der Waals surface area contributed by atoms with Crippen molar-refractivity contribution in [2.75, 3.05) is 19.9 Å². The zero-order valence-electron chi connectivity index (χ0n) is 21.7. The van der Waals surface area contributed by atoms with Gasteiger partial charge in [0.2, 0.25) is 5.69 Å². The maximum Gasteiger partial charge on any atom is 0.214 e. The van der Waals surface area contributed by atoms with Crippen molar-refractivity contribution in [2.45, 2.75) is 47.0 Å². The fourth-order valence-corrected chi connectivity index (χ4v) is 4.94. The molecule has 0 atom stereocenters. The standard InChI is InChI=1S/C30H37ClN2O2/c1-8-33(9-2)24-12-10-23(11-13-24)27(31)17-21(3)16-22(4)18-29-30(5,6)26-19-25(35-20-34)14-15-28(26)32(29)7/h10-19,34H,7-9,20H2,1-6H3/q+2/b21-17+,22-16+,29-18+. The van der Waals surface area contributed by atoms with E-state index < -0.39 is 0 Å². The maximum absolute atomic E-state index is 9.11. The lowest BCUT2D eigenvalue weighted by molar-refractivity contribution is -0.519. The molecule has 1 aliphatic heterocycles. The zero-order chi connectivity index (χ0) is 25.8. The Balaban J connectivity index is 1.85. The first-order valence-electron chi connectivity index (χ1n) is 12.1. The summed E-state index contributed by atoms with van der Waals surface area (Å²) in [4.78, 5) is 0. The molecule has 0 saturated carbocycles. The molecule has 35 heavy (non-hydrogen) atoms. The number of rotatable bonds is 7. The summed E-state index contributed by atoms with van der Waals surface area (Å²) in [5.41, 5.74) is 7.39. The van der Waals surface area contributed by atoms with Gasteiger partial charge in [-0.3, -0.25) is 0 Å². The van der Waals surface area contributed by atoms with E-state index in [1.165, 1.54) is 5.71 Å². The minimum atomic E-state index is -0.344. The van der Waals surface area contributed by atoms with Crippen LogP contribution in [0.25, 0.3) is 0 Å². The molecule has 0 unspecified atom stereocenters. The Kier molecular flexibility index (Phi) is 8.52. The van der Waals surface area contributed by atoms with Gasteiger partial charge in [-0.2, -0.15) is 4.58 Å². The average Bonchev–Trinajstić information content (AvgIpc) is 3.00. The molecule has 0 aromatic heterocycles. The van der Waals surface area contributed by atoms with Gasteiger partial charge in [0.25, 0.3) is 0 Å². The van der Waals surface area contributed by atoms with Crippen LogP contribution in [-0.4, -0.2) is 46.6 Å². The second-order valence-corrected chi connectivity index (χ2v) is 9.79. The van der Waals surface area contributed by atoms with Crippen molar-refractivity contribution in [1.29, 1.82) is 0 Å². The molecule has 0 bridgehead atoms. The van der Waals surface area contributed by atoms with Crippen molar-refractivity contribution in [3.63, 3.8) is 0 Å². The normalized spacial score (nSPS) is 18.4. The molecular weight excluding hydrogens is 456 g/mol. The summed E-state index contributed by atoms with van der Waals surface area (Å²) in [5, 5.41) is 9.83. The van der Waals surface area contributed by atoms with E-state index in [9.17, 15) is 0 Å². The largest absolute Gasteiger partial charge is 0.468 e. The van der Waals surface area contributed by atoms with E-state index in [1.54, 1.807) is 0 Å². The molecule has 1 aliphatic carbocycles. The molecule has 0 radical (unpaired) electrons. The lowest BCUT2D eigenvalue weighted by Crippen LogP contribution is -2.19. The smallest absolute Gasteiger partial charge is 0.214 e. The van der Waals surface area contributed by atoms with Gasteiger partial charge in [0.05, 0.1) is 5.41 Å². The van der Waals surface area contributed by atoms with Crippen molar-refractivity contribution < 1.29 is 19.0 Å². The average molecular weight is 493 g/mol. The molecule has 0 fully saturated rings. The van der Waals surface area contributed by atoms with E-state index in [1.807, 2.05) is 28.9 Å². The van der Waals surface area contributed by atoms with Crippen LogP contribution in [0.2, 0.25) is 0 Å². The molecule has 1 heterocycles. The van der Waals surface area contributed by atoms with Crippen LogP contribution in [-0.2, 0) is 5.41 Å². The first kappa shape index (κ1) is 26.7. The number of hydrogen-bond donors (Lipinski definition) is 1. The van der Waals surface area contributed by atoms with E-state index in [4.69, 9.17) is 21.4 Å². The molecule has 0 amide bonds. The summed E-state index contributed by atoms with van der Waals surface area (Å²) < 4.78 is 9.58. The highest BCUT2D eigenvalue weighted by Crippen LogP contribution is 2.47. The summed E-state index contributed by atoms with van der Waals surface area (Å²) in [6, 6.07) is 5.82. The molecular formula is C30H37ClN2O2+2. The van der Waals surface area contributed by atoms with Gasteiger partial charge in [-0.1, -0.05) is 17.7 Å². The minimum Gasteiger partial charge on any atom is -0.468 e. The van der Waals surface area contributed by atoms with Gasteiger partial charge >= 0.3 is 0 Å². The Labute approximate surface area is 214 Å². The van der Waals surface area contributed by atoms with Gasteiger partial charge in [0.15, 0.2) is 18.2 Å². The van der Waals surface area contributed by atoms with E-state index >= 15 is 0 Å². The first-order chi connectivity index (χ1) is 16.6. The fraction of sp³-hybridized carbons (Fsp3) is 0.333. The van der Waals surface area contributed by atoms with Crippen LogP contribution in [0.4, 0.5) is 5.69 Å². The van der Waals surface area contributed by atoms with Crippen LogP contribution >= 0.6 is 11.6 Å². The van der Waals surface area contributed by atoms with Crippen molar-refractivity contribution in [1.82, 2.24) is 0 Å². The Morgan fingerprint density at radius 2 is 1.74 bits per heavy atom. The Hall–Kier alpha value is -2.95. The number of ether oxygens (including phenoxy) is 1. The lowest BCUT2D eigenvalue weighted by atomic mass is 9.83. The molecule has 1 N–H and O–H groups in total. The van der Waals surface area contributed by atoms with Gasteiger partial charge in [-0.15, -0.1) is 0 Å². The second kappa shape index (κ2) is 11.2. The predicted molar refractivity (Wildman–Crippen MR) is 147 cm³/mol. The molecule has 4 nitrogen and oxygen atoms in total. The third-order valence-corrected chi connectivity index (χ3v) is 6.87. The van der Waals surface area contributed by atoms with Crippen LogP contribution < -0.4 is 4.74 Å². The number of aliphatic hydroxyl groups is 1. The number of aliphatic hydroxyl groups excluding tert-OH is 1. The Bertz CT molecular complexity index is 1210. The maximum atomic E-state index is 9.11. The number of nitrogens with zero attached hydrogens (tertiary/aromatic N) is 2. The number of halogens is 1. The molecule has 1 aromatic rings. The van der Waals surface area contributed by atoms with Gasteiger partial charge in [-0.05, 0) is 88.6 Å². The Morgan fingerprint density at radius 3 is 2.34 bits per heavy atom. The predicted octanol–water partition coefficient (Wildman–Crippen LogP) is 6.54. The van der Waals surface area contributed by atoms with Gasteiger partial charge in [0, 0.05) is 34.9 Å². The lowest BCUT2D eigenvalue weighted by Gasteiger charge is -2.15. The highest BCUT2D eigenvalue weighted by Gasteiger charge is 2.45. The zero-order valence-corrected chi connectivity index (χ0v) is 22.5. The topological polar surface area (TPSA) is 35.5 Å². The molecule has 184 valence electrons. The summed E-state index contributed by atoms with van der Waals surface area (Å²) in [5.74, 6) is 0.648. The number of hydrogen-bond acceptors (Lipinski definition) is 2. The van der Waals surface area contributed by atoms with Crippen molar-refractivity contribution in [3.8, 4) is 5.75 Å². The molecule has 1 aromatic carbocycles. The molecule has 2 aliphatic rings. The quantitative estimate of drug-likeness (QED) is 0.266. The number of benzene rings is 1. The van der Waals surface area contributed by atoms with Gasteiger partial charge in [0.1, 0.15) is 25.6 Å². The summed E-state index contributed by atoms with van der Waals surface area (Å²) in [6.45, 7) is 18.7. The summed E-state index contributed by atoms with van der Waals surface area (Å²) >= 11 is 6.66. The van der Waals surface area contributed by atoms with Crippen molar-refractivity contribution >= 4 is 29.7 Å². The SMILES string of the molecule is C=[N+]1/C(=C/C(C)=C/C(C)=C/C(Cl)=C2C=CC(=[N+](CC)CC)C=C2)C(C)(C)c2cc(OCO)ccc21. The van der Waals surface area contributed by atoms with E-state index in [0.717, 1.165) is 46.8 Å². The highest BCUT2D eigenvalue weighted by molar-refractivity contribution is 6.32. The highest BCUT2D eigenvalue weighted by atomic mass is 35.5. The minimum absolute atomic E-state index is 0.255. The molecule has 3 rings (SSSR count). The molecule has 0 saturated heterocycles. The van der Waals surface area contributed by atoms with Crippen molar-refractivity contribution in [2.24, 2.45) is 0 Å². The van der Waals surface area contributed by atoms with Gasteiger partial charge in [-0.25, -0.2) is 4.58 Å². The van der Waals surface area contributed by atoms with Crippen LogP contribution in [0.3, 0.4) is 0 Å². The second-order valence-electron chi connectivity index (χ2n) is 9.38. The van der Waals surface area contributed by atoms with Gasteiger partial charge < -0.3 is 9.84 Å². The number of fused-ring (bicyclic) bond motifs is 1. The monoisotopic (exact) mass is 492 g/mol. The Morgan fingerprint density at radius 1 is 1.09 bits per heavy atom. The summed E-state index contributed by atoms with van der Waals surface area (Å²) in [7, 11) is 0.